The van der Waals surface area contributed by atoms with Crippen LogP contribution in [0.4, 0.5) is 0 Å². The average Bonchev–Trinajstić information content (AvgIpc) is 2.98. The number of sulfonamides is 1. The van der Waals surface area contributed by atoms with Crippen molar-refractivity contribution < 1.29 is 13.2 Å². The second-order valence-corrected chi connectivity index (χ2v) is 9.02. The van der Waals surface area contributed by atoms with Crippen molar-refractivity contribution in [3.05, 3.63) is 53.9 Å². The summed E-state index contributed by atoms with van der Waals surface area (Å²) in [6.45, 7) is 3.84. The Hall–Kier alpha value is -3.00. The molecule has 0 aliphatic carbocycles. The van der Waals surface area contributed by atoms with Gasteiger partial charge in [-0.1, -0.05) is 44.0 Å². The Morgan fingerprint density at radius 1 is 1.20 bits per heavy atom. The molecule has 0 bridgehead atoms. The van der Waals surface area contributed by atoms with Crippen LogP contribution >= 0.6 is 0 Å². The van der Waals surface area contributed by atoms with Gasteiger partial charge < -0.3 is 0 Å². The summed E-state index contributed by atoms with van der Waals surface area (Å²) in [5.41, 5.74) is 4.01. The lowest BCUT2D eigenvalue weighted by Crippen LogP contribution is -2.31. The van der Waals surface area contributed by atoms with Gasteiger partial charge in [0.15, 0.2) is 0 Å². The van der Waals surface area contributed by atoms with Crippen molar-refractivity contribution >= 4 is 32.9 Å². The van der Waals surface area contributed by atoms with Crippen molar-refractivity contribution in [1.29, 1.82) is 0 Å². The fourth-order valence-corrected chi connectivity index (χ4v) is 4.49. The monoisotopic (exact) mass is 426 g/mol. The third kappa shape index (κ3) is 4.94. The normalized spacial score (nSPS) is 12.0. The van der Waals surface area contributed by atoms with Crippen LogP contribution in [0, 0.1) is 6.92 Å². The second-order valence-electron chi connectivity index (χ2n) is 7.18. The summed E-state index contributed by atoms with van der Waals surface area (Å²) < 4.78 is 27.9. The Balaban J connectivity index is 1.90. The zero-order chi connectivity index (χ0) is 21.7. The first kappa shape index (κ1) is 21.7. The summed E-state index contributed by atoms with van der Waals surface area (Å²) in [6.07, 6.45) is 6.83. The lowest BCUT2D eigenvalue weighted by Gasteiger charge is -2.08. The summed E-state index contributed by atoms with van der Waals surface area (Å²) >= 11 is 0. The SMILES string of the molecule is CCCCCS(=O)(=O)NC(=O)/C=C/c1c(C)nn(C)c1-c1cccc2cccnc12. The van der Waals surface area contributed by atoms with E-state index in [1.165, 1.54) is 6.08 Å². The largest absolute Gasteiger partial charge is 0.269 e. The number of para-hydroxylation sites is 1. The second kappa shape index (κ2) is 9.21. The van der Waals surface area contributed by atoms with Gasteiger partial charge in [-0.3, -0.25) is 14.5 Å². The molecule has 0 unspecified atom stereocenters. The van der Waals surface area contributed by atoms with Gasteiger partial charge in [-0.15, -0.1) is 0 Å². The molecule has 0 radical (unpaired) electrons. The molecule has 1 amide bonds. The van der Waals surface area contributed by atoms with Crippen LogP contribution in [0.2, 0.25) is 0 Å². The third-order valence-corrected chi connectivity index (χ3v) is 6.17. The zero-order valence-electron chi connectivity index (χ0n) is 17.4. The van der Waals surface area contributed by atoms with Crippen molar-refractivity contribution in [2.75, 3.05) is 5.75 Å². The fourth-order valence-electron chi connectivity index (χ4n) is 3.43. The molecule has 0 saturated heterocycles. The maximum atomic E-state index is 12.2. The first-order chi connectivity index (χ1) is 14.3. The number of fused-ring (bicyclic) bond motifs is 1. The fraction of sp³-hybridized carbons (Fsp3) is 0.318. The van der Waals surface area contributed by atoms with Crippen LogP contribution in [0.5, 0.6) is 0 Å². The molecule has 0 spiro atoms. The van der Waals surface area contributed by atoms with Gasteiger partial charge in [0.25, 0.3) is 5.91 Å². The van der Waals surface area contributed by atoms with Crippen LogP contribution in [-0.4, -0.2) is 34.8 Å². The first-order valence-corrected chi connectivity index (χ1v) is 11.6. The molecule has 2 aromatic heterocycles. The number of hydrogen-bond donors (Lipinski definition) is 1. The quantitative estimate of drug-likeness (QED) is 0.439. The van der Waals surface area contributed by atoms with E-state index in [0.29, 0.717) is 6.42 Å². The van der Waals surface area contributed by atoms with E-state index in [4.69, 9.17) is 0 Å². The number of carbonyl (C=O) groups is 1. The smallest absolute Gasteiger partial charge is 0.257 e. The third-order valence-electron chi connectivity index (χ3n) is 4.83. The topological polar surface area (TPSA) is 94.0 Å². The van der Waals surface area contributed by atoms with E-state index in [9.17, 15) is 13.2 Å². The summed E-state index contributed by atoms with van der Waals surface area (Å²) in [5, 5.41) is 5.48. The van der Waals surface area contributed by atoms with E-state index in [2.05, 4.69) is 14.8 Å². The zero-order valence-corrected chi connectivity index (χ0v) is 18.2. The van der Waals surface area contributed by atoms with Crippen molar-refractivity contribution in [3.8, 4) is 11.3 Å². The van der Waals surface area contributed by atoms with Crippen molar-refractivity contribution in [2.45, 2.75) is 33.1 Å². The number of benzene rings is 1. The van der Waals surface area contributed by atoms with Gasteiger partial charge in [-0.25, -0.2) is 13.1 Å². The molecule has 7 nitrogen and oxygen atoms in total. The molecule has 0 aliphatic rings. The number of unbranched alkanes of at least 4 members (excludes halogenated alkanes) is 2. The molecule has 1 aromatic carbocycles. The number of amides is 1. The summed E-state index contributed by atoms with van der Waals surface area (Å²) in [4.78, 5) is 16.7. The Morgan fingerprint density at radius 2 is 1.97 bits per heavy atom. The van der Waals surface area contributed by atoms with Crippen molar-refractivity contribution in [1.82, 2.24) is 19.5 Å². The van der Waals surface area contributed by atoms with E-state index >= 15 is 0 Å². The molecule has 1 N–H and O–H groups in total. The first-order valence-electron chi connectivity index (χ1n) is 9.92. The van der Waals surface area contributed by atoms with Crippen molar-refractivity contribution in [2.24, 2.45) is 7.05 Å². The Labute approximate surface area is 176 Å². The van der Waals surface area contributed by atoms with E-state index in [0.717, 1.165) is 46.3 Å². The predicted molar refractivity (Wildman–Crippen MR) is 119 cm³/mol. The Bertz CT molecular complexity index is 1190. The predicted octanol–water partition coefficient (Wildman–Crippen LogP) is 3.59. The Kier molecular flexibility index (Phi) is 6.66. The number of aryl methyl sites for hydroxylation is 2. The molecule has 0 saturated carbocycles. The molecule has 158 valence electrons. The minimum absolute atomic E-state index is 0.0563. The van der Waals surface area contributed by atoms with Crippen LogP contribution in [0.15, 0.2) is 42.6 Å². The van der Waals surface area contributed by atoms with Crippen LogP contribution in [0.1, 0.15) is 37.4 Å². The highest BCUT2D eigenvalue weighted by Crippen LogP contribution is 2.31. The van der Waals surface area contributed by atoms with Crippen LogP contribution in [-0.2, 0) is 21.9 Å². The summed E-state index contributed by atoms with van der Waals surface area (Å²) in [6, 6.07) is 9.77. The van der Waals surface area contributed by atoms with Gasteiger partial charge in [0.2, 0.25) is 10.0 Å². The molecule has 3 aromatic rings. The minimum atomic E-state index is -3.64. The highest BCUT2D eigenvalue weighted by atomic mass is 32.2. The summed E-state index contributed by atoms with van der Waals surface area (Å²) in [5.74, 6) is -0.726. The maximum absolute atomic E-state index is 12.2. The lowest BCUT2D eigenvalue weighted by atomic mass is 10.0. The van der Waals surface area contributed by atoms with E-state index in [1.54, 1.807) is 17.0 Å². The molecular weight excluding hydrogens is 400 g/mol. The average molecular weight is 427 g/mol. The van der Waals surface area contributed by atoms with E-state index in [1.807, 2.05) is 51.2 Å². The molecular formula is C22H26N4O3S. The summed E-state index contributed by atoms with van der Waals surface area (Å²) in [7, 11) is -1.80. The van der Waals surface area contributed by atoms with Gasteiger partial charge in [-0.05, 0) is 25.5 Å². The van der Waals surface area contributed by atoms with Gasteiger partial charge in [0.05, 0.1) is 22.7 Å². The molecule has 2 heterocycles. The maximum Gasteiger partial charge on any atom is 0.257 e. The van der Waals surface area contributed by atoms with Gasteiger partial charge in [-0.2, -0.15) is 5.10 Å². The molecule has 0 fully saturated rings. The molecule has 8 heteroatoms. The highest BCUT2D eigenvalue weighted by Gasteiger charge is 2.17. The van der Waals surface area contributed by atoms with E-state index < -0.39 is 15.9 Å². The Morgan fingerprint density at radius 3 is 2.73 bits per heavy atom. The molecule has 0 aliphatic heterocycles. The molecule has 0 atom stereocenters. The minimum Gasteiger partial charge on any atom is -0.269 e. The molecule has 30 heavy (non-hydrogen) atoms. The van der Waals surface area contributed by atoms with Crippen LogP contribution < -0.4 is 4.72 Å². The number of nitrogens with zero attached hydrogens (tertiary/aromatic N) is 3. The van der Waals surface area contributed by atoms with Gasteiger partial charge >= 0.3 is 0 Å². The van der Waals surface area contributed by atoms with Gasteiger partial charge in [0.1, 0.15) is 0 Å². The van der Waals surface area contributed by atoms with Gasteiger partial charge in [0, 0.05) is 35.8 Å². The number of hydrogen-bond acceptors (Lipinski definition) is 5. The number of nitrogens with one attached hydrogen (secondary N) is 1. The highest BCUT2D eigenvalue weighted by molar-refractivity contribution is 7.90. The standard InChI is InChI=1S/C22H26N4O3S/c1-4-5-6-15-30(28,29)25-20(27)13-12-18-16(2)24-26(3)22(18)19-11-7-9-17-10-8-14-23-21(17)19/h7-14H,4-6,15H2,1-3H3,(H,25,27)/b13-12+. The lowest BCUT2D eigenvalue weighted by molar-refractivity contribution is -0.114. The van der Waals surface area contributed by atoms with Crippen LogP contribution in [0.3, 0.4) is 0 Å². The number of carbonyl (C=O) groups excluding carboxylic acids is 1. The number of rotatable bonds is 8. The molecule has 3 rings (SSSR count). The number of aromatic nitrogens is 3. The van der Waals surface area contributed by atoms with Crippen molar-refractivity contribution in [3.63, 3.8) is 0 Å². The number of pyridine rings is 1. The van der Waals surface area contributed by atoms with E-state index in [-0.39, 0.29) is 5.75 Å². The van der Waals surface area contributed by atoms with Crippen LogP contribution in [0.25, 0.3) is 28.2 Å².